The van der Waals surface area contributed by atoms with Crippen molar-refractivity contribution in [1.82, 2.24) is 14.9 Å². The normalized spacial score (nSPS) is 16.7. The fraction of sp³-hybridized carbons (Fsp3) is 0.471. The molecule has 0 aliphatic carbocycles. The molecule has 1 aliphatic heterocycles. The number of ether oxygens (including phenoxy) is 1. The third-order valence-corrected chi connectivity index (χ3v) is 3.91. The van der Waals surface area contributed by atoms with Crippen LogP contribution in [0.1, 0.15) is 24.0 Å². The van der Waals surface area contributed by atoms with Crippen molar-refractivity contribution in [1.29, 1.82) is 0 Å². The maximum absolute atomic E-state index is 5.95. The van der Waals surface area contributed by atoms with Gasteiger partial charge in [-0.2, -0.15) is 0 Å². The van der Waals surface area contributed by atoms with Gasteiger partial charge in [-0.05, 0) is 37.9 Å². The third kappa shape index (κ3) is 3.85. The number of nitrogens with zero attached hydrogens (tertiary/aromatic N) is 2. The molecule has 0 spiro atoms. The first-order chi connectivity index (χ1) is 10.3. The highest BCUT2D eigenvalue weighted by molar-refractivity contribution is 5.40. The lowest BCUT2D eigenvalue weighted by molar-refractivity contribution is 0.227. The zero-order chi connectivity index (χ0) is 14.5. The van der Waals surface area contributed by atoms with Crippen molar-refractivity contribution < 1.29 is 4.74 Å². The van der Waals surface area contributed by atoms with Gasteiger partial charge in [0.05, 0.1) is 6.33 Å². The maximum Gasteiger partial charge on any atom is 0.123 e. The number of aryl methyl sites for hydroxylation is 2. The molecule has 112 valence electrons. The molecule has 4 nitrogen and oxygen atoms in total. The van der Waals surface area contributed by atoms with Gasteiger partial charge >= 0.3 is 0 Å². The van der Waals surface area contributed by atoms with E-state index in [1.807, 2.05) is 18.7 Å². The molecule has 0 saturated heterocycles. The van der Waals surface area contributed by atoms with Gasteiger partial charge in [0.1, 0.15) is 11.9 Å². The first-order valence-electron chi connectivity index (χ1n) is 7.74. The third-order valence-electron chi connectivity index (χ3n) is 3.91. The van der Waals surface area contributed by atoms with Crippen LogP contribution in [0.25, 0.3) is 0 Å². The lowest BCUT2D eigenvalue weighted by atomic mass is 10.1. The number of imidazole rings is 1. The van der Waals surface area contributed by atoms with Crippen LogP contribution in [-0.4, -0.2) is 28.7 Å². The summed E-state index contributed by atoms with van der Waals surface area (Å²) in [6, 6.07) is 6.45. The molecular weight excluding hydrogens is 262 g/mol. The van der Waals surface area contributed by atoms with Gasteiger partial charge in [-0.25, -0.2) is 4.98 Å². The minimum atomic E-state index is 0.287. The zero-order valence-corrected chi connectivity index (χ0v) is 12.6. The summed E-state index contributed by atoms with van der Waals surface area (Å²) in [6.07, 6.45) is 9.38. The van der Waals surface area contributed by atoms with E-state index in [1.165, 1.54) is 24.0 Å². The summed E-state index contributed by atoms with van der Waals surface area (Å²) in [4.78, 5) is 4.05. The van der Waals surface area contributed by atoms with Gasteiger partial charge in [-0.3, -0.25) is 0 Å². The Labute approximate surface area is 126 Å². The van der Waals surface area contributed by atoms with Crippen LogP contribution in [0.2, 0.25) is 0 Å². The van der Waals surface area contributed by atoms with Crippen LogP contribution in [0.15, 0.2) is 36.9 Å². The highest BCUT2D eigenvalue weighted by atomic mass is 16.5. The van der Waals surface area contributed by atoms with E-state index < -0.39 is 0 Å². The molecule has 1 aliphatic rings. The van der Waals surface area contributed by atoms with E-state index in [0.29, 0.717) is 0 Å². The van der Waals surface area contributed by atoms with E-state index in [2.05, 4.69) is 40.0 Å². The largest absolute Gasteiger partial charge is 0.488 e. The van der Waals surface area contributed by atoms with Gasteiger partial charge in [-0.1, -0.05) is 17.7 Å². The van der Waals surface area contributed by atoms with Gasteiger partial charge in [-0.15, -0.1) is 0 Å². The zero-order valence-electron chi connectivity index (χ0n) is 12.6. The monoisotopic (exact) mass is 285 g/mol. The van der Waals surface area contributed by atoms with E-state index in [-0.39, 0.29) is 6.10 Å². The summed E-state index contributed by atoms with van der Waals surface area (Å²) in [5, 5.41) is 3.51. The number of aromatic nitrogens is 2. The van der Waals surface area contributed by atoms with Crippen molar-refractivity contribution >= 4 is 0 Å². The Morgan fingerprint density at radius 2 is 2.33 bits per heavy atom. The van der Waals surface area contributed by atoms with Crippen LogP contribution in [0.3, 0.4) is 0 Å². The van der Waals surface area contributed by atoms with Gasteiger partial charge in [0, 0.05) is 31.9 Å². The molecule has 0 bridgehead atoms. The van der Waals surface area contributed by atoms with Gasteiger partial charge in [0.2, 0.25) is 0 Å². The molecule has 1 N–H and O–H groups in total. The Morgan fingerprint density at radius 3 is 3.19 bits per heavy atom. The molecule has 21 heavy (non-hydrogen) atoms. The molecule has 3 rings (SSSR count). The summed E-state index contributed by atoms with van der Waals surface area (Å²) in [5.41, 5.74) is 2.66. The van der Waals surface area contributed by atoms with E-state index in [9.17, 15) is 0 Å². The topological polar surface area (TPSA) is 39.1 Å². The number of hydrogen-bond acceptors (Lipinski definition) is 3. The first-order valence-corrected chi connectivity index (χ1v) is 7.74. The molecule has 2 aromatic rings. The lowest BCUT2D eigenvalue weighted by Gasteiger charge is -2.11. The molecular formula is C17H23N3O. The van der Waals surface area contributed by atoms with E-state index in [4.69, 9.17) is 4.74 Å². The molecule has 0 amide bonds. The van der Waals surface area contributed by atoms with Crippen molar-refractivity contribution in [3.63, 3.8) is 0 Å². The second kappa shape index (κ2) is 6.76. The van der Waals surface area contributed by atoms with Crippen LogP contribution in [-0.2, 0) is 13.0 Å². The van der Waals surface area contributed by atoms with Gasteiger partial charge < -0.3 is 14.6 Å². The summed E-state index contributed by atoms with van der Waals surface area (Å²) in [7, 11) is 0. The minimum absolute atomic E-state index is 0.287. The van der Waals surface area contributed by atoms with Crippen LogP contribution < -0.4 is 10.1 Å². The Bertz CT molecular complexity index is 565. The van der Waals surface area contributed by atoms with E-state index in [0.717, 1.165) is 31.8 Å². The van der Waals surface area contributed by atoms with Crippen LogP contribution >= 0.6 is 0 Å². The van der Waals surface area contributed by atoms with E-state index >= 15 is 0 Å². The summed E-state index contributed by atoms with van der Waals surface area (Å²) < 4.78 is 8.08. The lowest BCUT2D eigenvalue weighted by Crippen LogP contribution is -2.30. The number of nitrogens with one attached hydrogen (secondary N) is 1. The second-order valence-electron chi connectivity index (χ2n) is 5.77. The SMILES string of the molecule is Cc1ccc2c(c1)CC(CNCCCCn1ccnc1)O2. The van der Waals surface area contributed by atoms with Crippen LogP contribution in [0.5, 0.6) is 5.75 Å². The van der Waals surface area contributed by atoms with Crippen LogP contribution in [0, 0.1) is 6.92 Å². The molecule has 2 heterocycles. The highest BCUT2D eigenvalue weighted by Gasteiger charge is 2.21. The van der Waals surface area contributed by atoms with Crippen LogP contribution in [0.4, 0.5) is 0 Å². The fourth-order valence-corrected chi connectivity index (χ4v) is 2.79. The minimum Gasteiger partial charge on any atom is -0.488 e. The Hall–Kier alpha value is -1.81. The van der Waals surface area contributed by atoms with Crippen molar-refractivity contribution in [2.75, 3.05) is 13.1 Å². The maximum atomic E-state index is 5.95. The summed E-state index contributed by atoms with van der Waals surface area (Å²) >= 11 is 0. The number of fused-ring (bicyclic) bond motifs is 1. The molecule has 1 aromatic heterocycles. The molecule has 0 radical (unpaired) electrons. The quantitative estimate of drug-likeness (QED) is 0.795. The highest BCUT2D eigenvalue weighted by Crippen LogP contribution is 2.29. The predicted molar refractivity (Wildman–Crippen MR) is 83.6 cm³/mol. The van der Waals surface area contributed by atoms with E-state index in [1.54, 1.807) is 0 Å². The summed E-state index contributed by atoms with van der Waals surface area (Å²) in [6.45, 7) is 5.15. The van der Waals surface area contributed by atoms with Crippen molar-refractivity contribution in [3.05, 3.63) is 48.0 Å². The number of rotatable bonds is 7. The number of benzene rings is 1. The number of unbranched alkanes of at least 4 members (excludes halogenated alkanes) is 1. The molecule has 1 aromatic carbocycles. The molecule has 4 heteroatoms. The summed E-state index contributed by atoms with van der Waals surface area (Å²) in [5.74, 6) is 1.06. The average molecular weight is 285 g/mol. The van der Waals surface area contributed by atoms with Crippen molar-refractivity contribution in [3.8, 4) is 5.75 Å². The average Bonchev–Trinajstić information content (AvgIpc) is 3.11. The fourth-order valence-electron chi connectivity index (χ4n) is 2.79. The second-order valence-corrected chi connectivity index (χ2v) is 5.77. The Morgan fingerprint density at radius 1 is 1.38 bits per heavy atom. The van der Waals surface area contributed by atoms with Gasteiger partial charge in [0.25, 0.3) is 0 Å². The smallest absolute Gasteiger partial charge is 0.123 e. The molecule has 0 saturated carbocycles. The Kier molecular flexibility index (Phi) is 4.55. The van der Waals surface area contributed by atoms with Crippen molar-refractivity contribution in [2.45, 2.75) is 38.8 Å². The molecule has 1 atom stereocenters. The molecule has 1 unspecified atom stereocenters. The molecule has 0 fully saturated rings. The van der Waals surface area contributed by atoms with Gasteiger partial charge in [0.15, 0.2) is 0 Å². The van der Waals surface area contributed by atoms with Crippen molar-refractivity contribution in [2.24, 2.45) is 0 Å². The number of hydrogen-bond donors (Lipinski definition) is 1. The standard InChI is InChI=1S/C17H23N3O/c1-14-4-5-17-15(10-14)11-16(21-17)12-18-6-2-3-8-20-9-7-19-13-20/h4-5,7,9-10,13,16,18H,2-3,6,8,11-12H2,1H3. The first kappa shape index (κ1) is 14.1. The Balaban J connectivity index is 1.30. The predicted octanol–water partition coefficient (Wildman–Crippen LogP) is 2.57.